The van der Waals surface area contributed by atoms with Gasteiger partial charge in [-0.15, -0.1) is 0 Å². The predicted molar refractivity (Wildman–Crippen MR) is 75.2 cm³/mol. The van der Waals surface area contributed by atoms with Crippen molar-refractivity contribution in [3.05, 3.63) is 66.0 Å². The van der Waals surface area contributed by atoms with Gasteiger partial charge in [-0.3, -0.25) is 0 Å². The van der Waals surface area contributed by atoms with E-state index in [-0.39, 0.29) is 11.4 Å². The average Bonchev–Trinajstić information content (AvgIpc) is 2.48. The maximum absolute atomic E-state index is 12.9. The van der Waals surface area contributed by atoms with Crippen LogP contribution in [-0.2, 0) is 0 Å². The van der Waals surface area contributed by atoms with Gasteiger partial charge in [0.1, 0.15) is 17.1 Å². The maximum Gasteiger partial charge on any atom is 0.341 e. The Hall–Kier alpha value is -2.95. The van der Waals surface area contributed by atoms with Crippen LogP contribution in [0, 0.1) is 5.82 Å². The fourth-order valence-corrected chi connectivity index (χ4v) is 1.94. The van der Waals surface area contributed by atoms with Crippen molar-refractivity contribution in [1.82, 2.24) is 4.98 Å². The largest absolute Gasteiger partial charge is 0.477 e. The third-order valence-corrected chi connectivity index (χ3v) is 2.95. The Labute approximate surface area is 119 Å². The van der Waals surface area contributed by atoms with Crippen molar-refractivity contribution < 1.29 is 19.0 Å². The number of carbonyl (C=O) groups is 1. The van der Waals surface area contributed by atoms with Gasteiger partial charge in [-0.1, -0.05) is 18.2 Å². The van der Waals surface area contributed by atoms with Gasteiger partial charge in [-0.2, -0.15) is 0 Å². The Bertz CT molecular complexity index is 815. The number of hydrogen-bond donors (Lipinski definition) is 1. The van der Waals surface area contributed by atoms with Crippen LogP contribution >= 0.6 is 0 Å². The Morgan fingerprint density at radius 2 is 1.81 bits per heavy atom. The molecule has 0 saturated carbocycles. The fourth-order valence-electron chi connectivity index (χ4n) is 1.94. The maximum atomic E-state index is 12.9. The topological polar surface area (TPSA) is 59.4 Å². The zero-order chi connectivity index (χ0) is 14.8. The molecule has 0 unspecified atom stereocenters. The Morgan fingerprint density at radius 1 is 1.10 bits per heavy atom. The summed E-state index contributed by atoms with van der Waals surface area (Å²) in [6.07, 6.45) is 0. The number of aromatic nitrogens is 1. The number of hydrogen-bond acceptors (Lipinski definition) is 3. The molecule has 3 aromatic rings. The van der Waals surface area contributed by atoms with Crippen LogP contribution in [0.3, 0.4) is 0 Å². The molecule has 1 heterocycles. The van der Waals surface area contributed by atoms with E-state index in [4.69, 9.17) is 4.74 Å². The van der Waals surface area contributed by atoms with Crippen molar-refractivity contribution in [2.75, 3.05) is 0 Å². The van der Waals surface area contributed by atoms with Crippen molar-refractivity contribution in [1.29, 1.82) is 0 Å². The van der Waals surface area contributed by atoms with Gasteiger partial charge in [0.2, 0.25) is 5.88 Å². The van der Waals surface area contributed by atoms with E-state index in [0.717, 1.165) is 0 Å². The highest BCUT2D eigenvalue weighted by Crippen LogP contribution is 2.27. The molecule has 1 aromatic heterocycles. The molecule has 0 aliphatic heterocycles. The van der Waals surface area contributed by atoms with Crippen molar-refractivity contribution in [3.63, 3.8) is 0 Å². The molecule has 21 heavy (non-hydrogen) atoms. The lowest BCUT2D eigenvalue weighted by Gasteiger charge is -2.09. The highest BCUT2D eigenvalue weighted by atomic mass is 19.1. The van der Waals surface area contributed by atoms with Crippen molar-refractivity contribution in [2.45, 2.75) is 0 Å². The van der Waals surface area contributed by atoms with Gasteiger partial charge >= 0.3 is 5.97 Å². The number of halogens is 1. The Kier molecular flexibility index (Phi) is 3.23. The number of fused-ring (bicyclic) bond motifs is 1. The SMILES string of the molecule is O=C(O)c1cc2ccccc2nc1Oc1ccc(F)cc1. The molecule has 104 valence electrons. The van der Waals surface area contributed by atoms with Gasteiger partial charge in [0, 0.05) is 5.39 Å². The van der Waals surface area contributed by atoms with E-state index in [1.54, 1.807) is 24.3 Å². The molecule has 3 rings (SSSR count). The number of aromatic carboxylic acids is 1. The number of carboxylic acids is 1. The van der Waals surface area contributed by atoms with Gasteiger partial charge in [0.25, 0.3) is 0 Å². The first kappa shape index (κ1) is 13.1. The number of ether oxygens (including phenoxy) is 1. The van der Waals surface area contributed by atoms with Crippen molar-refractivity contribution in [3.8, 4) is 11.6 Å². The monoisotopic (exact) mass is 283 g/mol. The molecule has 4 nitrogen and oxygen atoms in total. The van der Waals surface area contributed by atoms with E-state index in [1.807, 2.05) is 0 Å². The molecule has 0 atom stereocenters. The van der Waals surface area contributed by atoms with Crippen molar-refractivity contribution in [2.24, 2.45) is 0 Å². The van der Waals surface area contributed by atoms with Crippen LogP contribution in [0.1, 0.15) is 10.4 Å². The Balaban J connectivity index is 2.09. The second-order valence-electron chi connectivity index (χ2n) is 4.39. The number of nitrogens with zero attached hydrogens (tertiary/aromatic N) is 1. The lowest BCUT2D eigenvalue weighted by Crippen LogP contribution is -2.02. The molecule has 0 bridgehead atoms. The van der Waals surface area contributed by atoms with Crippen LogP contribution in [0.5, 0.6) is 11.6 Å². The summed E-state index contributed by atoms with van der Waals surface area (Å²) >= 11 is 0. The summed E-state index contributed by atoms with van der Waals surface area (Å²) in [5.74, 6) is -1.23. The van der Waals surface area contributed by atoms with E-state index < -0.39 is 11.8 Å². The quantitative estimate of drug-likeness (QED) is 0.792. The normalized spacial score (nSPS) is 10.5. The summed E-state index contributed by atoms with van der Waals surface area (Å²) in [5, 5.41) is 9.98. The smallest absolute Gasteiger partial charge is 0.341 e. The minimum absolute atomic E-state index is 0.0205. The number of pyridine rings is 1. The molecule has 5 heteroatoms. The Morgan fingerprint density at radius 3 is 2.52 bits per heavy atom. The zero-order valence-electron chi connectivity index (χ0n) is 10.8. The van der Waals surface area contributed by atoms with Crippen LogP contribution in [0.25, 0.3) is 10.9 Å². The lowest BCUT2D eigenvalue weighted by atomic mass is 10.1. The third kappa shape index (κ3) is 2.67. The van der Waals surface area contributed by atoms with E-state index in [9.17, 15) is 14.3 Å². The molecular weight excluding hydrogens is 273 g/mol. The first-order valence-electron chi connectivity index (χ1n) is 6.20. The molecule has 0 fully saturated rings. The fraction of sp³-hybridized carbons (Fsp3) is 0. The molecule has 1 N–H and O–H groups in total. The summed E-state index contributed by atoms with van der Waals surface area (Å²) in [4.78, 5) is 15.5. The lowest BCUT2D eigenvalue weighted by molar-refractivity contribution is 0.0693. The summed E-state index contributed by atoms with van der Waals surface area (Å²) in [7, 11) is 0. The van der Waals surface area contributed by atoms with Gasteiger partial charge < -0.3 is 9.84 Å². The average molecular weight is 283 g/mol. The summed E-state index contributed by atoms with van der Waals surface area (Å²) < 4.78 is 18.4. The van der Waals surface area contributed by atoms with Crippen LogP contribution in [0.4, 0.5) is 4.39 Å². The molecular formula is C16H10FNO3. The molecule has 2 aromatic carbocycles. The second kappa shape index (κ2) is 5.20. The number of benzene rings is 2. The predicted octanol–water partition coefficient (Wildman–Crippen LogP) is 3.86. The van der Waals surface area contributed by atoms with E-state index in [1.165, 1.54) is 30.3 Å². The van der Waals surface area contributed by atoms with E-state index >= 15 is 0 Å². The van der Waals surface area contributed by atoms with Crippen LogP contribution < -0.4 is 4.74 Å². The van der Waals surface area contributed by atoms with Gasteiger partial charge in [0.05, 0.1) is 5.52 Å². The summed E-state index contributed by atoms with van der Waals surface area (Å²) in [6.45, 7) is 0. The van der Waals surface area contributed by atoms with Crippen LogP contribution in [0.15, 0.2) is 54.6 Å². The molecule has 0 aliphatic rings. The van der Waals surface area contributed by atoms with Gasteiger partial charge in [0.15, 0.2) is 0 Å². The summed E-state index contributed by atoms with van der Waals surface area (Å²) in [6, 6.07) is 13.9. The number of para-hydroxylation sites is 1. The highest BCUT2D eigenvalue weighted by molar-refractivity contribution is 5.95. The van der Waals surface area contributed by atoms with E-state index in [2.05, 4.69) is 4.98 Å². The van der Waals surface area contributed by atoms with Crippen LogP contribution in [-0.4, -0.2) is 16.1 Å². The van der Waals surface area contributed by atoms with Gasteiger partial charge in [-0.05, 0) is 36.4 Å². The minimum atomic E-state index is -1.13. The van der Waals surface area contributed by atoms with Crippen LogP contribution in [0.2, 0.25) is 0 Å². The first-order valence-corrected chi connectivity index (χ1v) is 6.20. The molecule has 0 amide bonds. The van der Waals surface area contributed by atoms with Crippen molar-refractivity contribution >= 4 is 16.9 Å². The zero-order valence-corrected chi connectivity index (χ0v) is 10.8. The highest BCUT2D eigenvalue weighted by Gasteiger charge is 2.15. The number of rotatable bonds is 3. The standard InChI is InChI=1S/C16H10FNO3/c17-11-5-7-12(8-6-11)21-15-13(16(19)20)9-10-3-1-2-4-14(10)18-15/h1-9H,(H,19,20). The van der Waals surface area contributed by atoms with Gasteiger partial charge in [-0.25, -0.2) is 14.2 Å². The molecule has 0 saturated heterocycles. The summed E-state index contributed by atoms with van der Waals surface area (Å²) in [5.41, 5.74) is 0.581. The minimum Gasteiger partial charge on any atom is -0.477 e. The third-order valence-electron chi connectivity index (χ3n) is 2.95. The molecule has 0 aliphatic carbocycles. The number of carboxylic acid groups (broad SMARTS) is 1. The molecule has 0 radical (unpaired) electrons. The second-order valence-corrected chi connectivity index (χ2v) is 4.39. The molecule has 0 spiro atoms. The van der Waals surface area contributed by atoms with E-state index in [0.29, 0.717) is 16.7 Å². The first-order chi connectivity index (χ1) is 10.1.